The number of hydrogen-bond donors (Lipinski definition) is 0. The number of amides is 1. The van der Waals surface area contributed by atoms with Gasteiger partial charge in [-0.2, -0.15) is 0 Å². The Balaban J connectivity index is 1.54. The molecule has 1 amide bonds. The second-order valence-corrected chi connectivity index (χ2v) is 8.58. The van der Waals surface area contributed by atoms with Crippen molar-refractivity contribution < 1.29 is 14.0 Å². The third kappa shape index (κ3) is 3.46. The van der Waals surface area contributed by atoms with Gasteiger partial charge in [0.05, 0.1) is 11.1 Å². The average molecular weight is 358 g/mol. The smallest absolute Gasteiger partial charge is 0.257 e. The Morgan fingerprint density at radius 1 is 1.23 bits per heavy atom. The Morgan fingerprint density at radius 2 is 2.04 bits per heavy atom. The first kappa shape index (κ1) is 17.8. The Morgan fingerprint density at radius 3 is 2.77 bits per heavy atom. The van der Waals surface area contributed by atoms with Crippen LogP contribution < -0.4 is 0 Å². The number of aryl methyl sites for hydroxylation is 1. The fourth-order valence-corrected chi connectivity index (χ4v) is 4.49. The molecular weight excluding hydrogens is 328 g/mol. The number of fused-ring (bicyclic) bond motifs is 1. The van der Waals surface area contributed by atoms with Gasteiger partial charge in [0.15, 0.2) is 5.78 Å². The second-order valence-electron chi connectivity index (χ2n) is 8.58. The molecule has 1 atom stereocenters. The van der Waals surface area contributed by atoms with Crippen molar-refractivity contribution in [3.05, 3.63) is 23.2 Å². The van der Waals surface area contributed by atoms with E-state index in [9.17, 15) is 9.59 Å². The number of hydrogen-bond acceptors (Lipinski definition) is 4. The molecule has 0 unspecified atom stereocenters. The lowest BCUT2D eigenvalue weighted by molar-refractivity contribution is 0.0699. The highest BCUT2D eigenvalue weighted by molar-refractivity contribution is 6.09. The van der Waals surface area contributed by atoms with E-state index in [0.29, 0.717) is 35.3 Å². The molecule has 1 saturated heterocycles. The van der Waals surface area contributed by atoms with Crippen molar-refractivity contribution in [1.29, 1.82) is 0 Å². The molecule has 0 spiro atoms. The first-order valence-corrected chi connectivity index (χ1v) is 10.2. The van der Waals surface area contributed by atoms with Gasteiger partial charge in [-0.1, -0.05) is 13.8 Å². The first-order chi connectivity index (χ1) is 12.5. The van der Waals surface area contributed by atoms with E-state index < -0.39 is 0 Å². The van der Waals surface area contributed by atoms with Crippen LogP contribution in [0.5, 0.6) is 0 Å². The third-order valence-corrected chi connectivity index (χ3v) is 6.18. The predicted octanol–water partition coefficient (Wildman–Crippen LogP) is 3.38. The minimum absolute atomic E-state index is 0.0239. The van der Waals surface area contributed by atoms with Crippen LogP contribution in [0.4, 0.5) is 0 Å². The van der Waals surface area contributed by atoms with E-state index in [1.54, 1.807) is 0 Å². The predicted molar refractivity (Wildman–Crippen MR) is 99.4 cm³/mol. The van der Waals surface area contributed by atoms with E-state index in [2.05, 4.69) is 18.7 Å². The third-order valence-electron chi connectivity index (χ3n) is 6.18. The maximum atomic E-state index is 13.2. The van der Waals surface area contributed by atoms with Crippen molar-refractivity contribution in [1.82, 2.24) is 9.80 Å². The second kappa shape index (κ2) is 7.18. The standard InChI is InChI=1S/C21H30N2O3/c1-14(2)17-12-23(10-4-9-22(17)11-15-7-8-15)21(25)16-13-26-19-6-3-5-18(24)20(16)19/h13-15,17H,3-12H2,1-2H3/t17-/m0/s1. The van der Waals surface area contributed by atoms with Gasteiger partial charge in [-0.05, 0) is 37.5 Å². The summed E-state index contributed by atoms with van der Waals surface area (Å²) in [5, 5.41) is 0. The number of nitrogens with zero attached hydrogens (tertiary/aromatic N) is 2. The highest BCUT2D eigenvalue weighted by atomic mass is 16.3. The van der Waals surface area contributed by atoms with E-state index in [1.807, 2.05) is 4.90 Å². The quantitative estimate of drug-likeness (QED) is 0.828. The molecule has 26 heavy (non-hydrogen) atoms. The fourth-order valence-electron chi connectivity index (χ4n) is 4.49. The normalized spacial score (nSPS) is 24.7. The number of ketones is 1. The summed E-state index contributed by atoms with van der Waals surface area (Å²) >= 11 is 0. The van der Waals surface area contributed by atoms with Crippen LogP contribution in [0, 0.1) is 11.8 Å². The summed E-state index contributed by atoms with van der Waals surface area (Å²) in [5.41, 5.74) is 1.05. The van der Waals surface area contributed by atoms with Crippen LogP contribution in [0.25, 0.3) is 0 Å². The zero-order chi connectivity index (χ0) is 18.3. The summed E-state index contributed by atoms with van der Waals surface area (Å²) in [4.78, 5) is 30.1. The Kier molecular flexibility index (Phi) is 4.91. The molecule has 5 heteroatoms. The first-order valence-electron chi connectivity index (χ1n) is 10.2. The van der Waals surface area contributed by atoms with Gasteiger partial charge < -0.3 is 9.32 Å². The monoisotopic (exact) mass is 358 g/mol. The van der Waals surface area contributed by atoms with Gasteiger partial charge in [0, 0.05) is 45.1 Å². The molecule has 5 nitrogen and oxygen atoms in total. The summed E-state index contributed by atoms with van der Waals surface area (Å²) in [6.45, 7) is 8.24. The molecule has 0 aromatic carbocycles. The average Bonchev–Trinajstić information content (AvgIpc) is 3.36. The van der Waals surface area contributed by atoms with Gasteiger partial charge in [-0.3, -0.25) is 14.5 Å². The number of furan rings is 1. The molecule has 4 rings (SSSR count). The molecule has 142 valence electrons. The summed E-state index contributed by atoms with van der Waals surface area (Å²) < 4.78 is 5.58. The van der Waals surface area contributed by atoms with Crippen LogP contribution in [0.1, 0.15) is 72.4 Å². The maximum Gasteiger partial charge on any atom is 0.257 e. The minimum Gasteiger partial charge on any atom is -0.468 e. The van der Waals surface area contributed by atoms with E-state index in [0.717, 1.165) is 44.8 Å². The molecule has 2 heterocycles. The van der Waals surface area contributed by atoms with E-state index in [-0.39, 0.29) is 11.7 Å². The molecule has 1 aliphatic heterocycles. The maximum absolute atomic E-state index is 13.2. The molecule has 1 saturated carbocycles. The number of Topliss-reactive ketones (excluding diaryl/α,β-unsaturated/α-hetero) is 1. The van der Waals surface area contributed by atoms with Gasteiger partial charge in [0.25, 0.3) is 5.91 Å². The molecular formula is C21H30N2O3. The van der Waals surface area contributed by atoms with Crippen molar-refractivity contribution in [3.8, 4) is 0 Å². The molecule has 3 aliphatic rings. The number of carbonyl (C=O) groups is 2. The van der Waals surface area contributed by atoms with E-state index in [1.165, 1.54) is 25.6 Å². The van der Waals surface area contributed by atoms with Crippen LogP contribution in [0.3, 0.4) is 0 Å². The van der Waals surface area contributed by atoms with Gasteiger partial charge in [0.1, 0.15) is 12.0 Å². The molecule has 0 bridgehead atoms. The number of carbonyl (C=O) groups excluding carboxylic acids is 2. The lowest BCUT2D eigenvalue weighted by atomic mass is 9.93. The van der Waals surface area contributed by atoms with E-state index >= 15 is 0 Å². The highest BCUT2D eigenvalue weighted by Crippen LogP contribution is 2.32. The van der Waals surface area contributed by atoms with Gasteiger partial charge in [-0.15, -0.1) is 0 Å². The van der Waals surface area contributed by atoms with Crippen LogP contribution in [0.15, 0.2) is 10.7 Å². The summed E-state index contributed by atoms with van der Waals surface area (Å²) in [6.07, 6.45) is 7.33. The highest BCUT2D eigenvalue weighted by Gasteiger charge is 2.35. The largest absolute Gasteiger partial charge is 0.468 e. The summed E-state index contributed by atoms with van der Waals surface area (Å²) in [7, 11) is 0. The van der Waals surface area contributed by atoms with Crippen LogP contribution in [-0.4, -0.2) is 53.7 Å². The topological polar surface area (TPSA) is 53.8 Å². The Bertz CT molecular complexity index is 689. The van der Waals surface area contributed by atoms with Gasteiger partial charge in [-0.25, -0.2) is 0 Å². The van der Waals surface area contributed by atoms with Crippen LogP contribution >= 0.6 is 0 Å². The zero-order valence-corrected chi connectivity index (χ0v) is 16.0. The molecule has 1 aromatic heterocycles. The van der Waals surface area contributed by atoms with Crippen molar-refractivity contribution in [2.75, 3.05) is 26.2 Å². The molecule has 1 aromatic rings. The molecule has 2 aliphatic carbocycles. The summed E-state index contributed by atoms with van der Waals surface area (Å²) in [5.74, 6) is 2.10. The lowest BCUT2D eigenvalue weighted by Gasteiger charge is -2.34. The Labute approximate surface area is 155 Å². The minimum atomic E-state index is -0.0239. The van der Waals surface area contributed by atoms with Gasteiger partial charge in [0.2, 0.25) is 0 Å². The van der Waals surface area contributed by atoms with Crippen molar-refractivity contribution in [3.63, 3.8) is 0 Å². The molecule has 2 fully saturated rings. The molecule has 0 N–H and O–H groups in total. The zero-order valence-electron chi connectivity index (χ0n) is 16.0. The van der Waals surface area contributed by atoms with Gasteiger partial charge >= 0.3 is 0 Å². The Hall–Kier alpha value is -1.62. The fraction of sp³-hybridized carbons (Fsp3) is 0.714. The van der Waals surface area contributed by atoms with Crippen molar-refractivity contribution in [2.24, 2.45) is 11.8 Å². The van der Waals surface area contributed by atoms with Crippen molar-refractivity contribution >= 4 is 11.7 Å². The van der Waals surface area contributed by atoms with Crippen LogP contribution in [0.2, 0.25) is 0 Å². The van der Waals surface area contributed by atoms with E-state index in [4.69, 9.17) is 4.42 Å². The van der Waals surface area contributed by atoms with Crippen molar-refractivity contribution in [2.45, 2.75) is 58.4 Å². The number of rotatable bonds is 4. The molecule has 0 radical (unpaired) electrons. The summed E-state index contributed by atoms with van der Waals surface area (Å²) in [6, 6.07) is 0.389. The van der Waals surface area contributed by atoms with Crippen LogP contribution in [-0.2, 0) is 6.42 Å². The lowest BCUT2D eigenvalue weighted by Crippen LogP contribution is -2.46. The SMILES string of the molecule is CC(C)[C@@H]1CN(C(=O)c2coc3c2C(=O)CCC3)CCCN1CC1CC1.